The Labute approximate surface area is 137 Å². The molecule has 4 heteroatoms. The first-order valence-electron chi connectivity index (χ1n) is 8.37. The Bertz CT molecular complexity index is 469. The van der Waals surface area contributed by atoms with Crippen molar-refractivity contribution in [3.8, 4) is 0 Å². The number of rotatable bonds is 5. The van der Waals surface area contributed by atoms with E-state index in [0.717, 1.165) is 25.1 Å². The van der Waals surface area contributed by atoms with Crippen LogP contribution in [0.1, 0.15) is 64.8 Å². The van der Waals surface area contributed by atoms with E-state index < -0.39 is 0 Å². The quantitative estimate of drug-likeness (QED) is 0.854. The second kappa shape index (κ2) is 6.82. The Balaban J connectivity index is 2.06. The van der Waals surface area contributed by atoms with Gasteiger partial charge >= 0.3 is 0 Å². The minimum atomic E-state index is 0.254. The summed E-state index contributed by atoms with van der Waals surface area (Å²) >= 11 is 3.73. The molecule has 1 saturated carbocycles. The summed E-state index contributed by atoms with van der Waals surface area (Å²) in [6, 6.07) is 0.254. The van der Waals surface area contributed by atoms with Crippen molar-refractivity contribution in [3.05, 3.63) is 15.9 Å². The predicted molar refractivity (Wildman–Crippen MR) is 92.4 cm³/mol. The van der Waals surface area contributed by atoms with E-state index in [1.165, 1.54) is 35.8 Å². The first kappa shape index (κ1) is 17.0. The number of aryl methyl sites for hydroxylation is 2. The molecule has 3 nitrogen and oxygen atoms in total. The van der Waals surface area contributed by atoms with Crippen LogP contribution in [0, 0.1) is 11.3 Å². The van der Waals surface area contributed by atoms with Gasteiger partial charge in [-0.15, -0.1) is 0 Å². The monoisotopic (exact) mass is 355 g/mol. The van der Waals surface area contributed by atoms with Gasteiger partial charge in [-0.1, -0.05) is 20.8 Å². The first-order chi connectivity index (χ1) is 9.88. The Morgan fingerprint density at radius 1 is 1.33 bits per heavy atom. The van der Waals surface area contributed by atoms with Gasteiger partial charge in [-0.3, -0.25) is 4.68 Å². The zero-order valence-electron chi connectivity index (χ0n) is 14.0. The molecule has 1 aliphatic carbocycles. The predicted octanol–water partition coefficient (Wildman–Crippen LogP) is 4.31. The van der Waals surface area contributed by atoms with Crippen LogP contribution in [0.4, 0.5) is 0 Å². The molecule has 1 heterocycles. The molecule has 1 atom stereocenters. The second-order valence-electron chi connectivity index (χ2n) is 7.25. The summed E-state index contributed by atoms with van der Waals surface area (Å²) in [7, 11) is 0. The number of halogens is 1. The van der Waals surface area contributed by atoms with Crippen molar-refractivity contribution in [2.45, 2.75) is 78.8 Å². The normalized spacial score (nSPS) is 20.7. The number of nitrogens with zero attached hydrogens (tertiary/aromatic N) is 2. The minimum absolute atomic E-state index is 0.254. The van der Waals surface area contributed by atoms with Crippen LogP contribution >= 0.6 is 15.9 Å². The van der Waals surface area contributed by atoms with Crippen molar-refractivity contribution in [1.29, 1.82) is 0 Å². The number of hydrogen-bond acceptors (Lipinski definition) is 2. The zero-order valence-corrected chi connectivity index (χ0v) is 15.5. The van der Waals surface area contributed by atoms with Gasteiger partial charge in [0.1, 0.15) is 0 Å². The molecular weight excluding hydrogens is 326 g/mol. The van der Waals surface area contributed by atoms with Crippen molar-refractivity contribution in [3.63, 3.8) is 0 Å². The highest BCUT2D eigenvalue weighted by Gasteiger charge is 2.30. The molecule has 120 valence electrons. The summed E-state index contributed by atoms with van der Waals surface area (Å²) in [6.45, 7) is 9.98. The number of aromatic nitrogens is 2. The lowest BCUT2D eigenvalue weighted by Gasteiger charge is -2.37. The lowest BCUT2D eigenvalue weighted by Crippen LogP contribution is -2.37. The highest BCUT2D eigenvalue weighted by molar-refractivity contribution is 9.10. The molecule has 2 N–H and O–H groups in total. The van der Waals surface area contributed by atoms with Crippen molar-refractivity contribution < 1.29 is 0 Å². The Morgan fingerprint density at radius 2 is 1.95 bits per heavy atom. The van der Waals surface area contributed by atoms with Crippen LogP contribution in [0.15, 0.2) is 4.47 Å². The molecule has 1 fully saturated rings. The standard InChI is InChI=1S/C17H30BrN3/c1-5-14-16(18)15(21(6-2)20-14)11-13(19)12-7-9-17(3,4)10-8-12/h12-13H,5-11,19H2,1-4H3. The first-order valence-corrected chi connectivity index (χ1v) is 9.17. The van der Waals surface area contributed by atoms with Crippen LogP contribution in [0.5, 0.6) is 0 Å². The van der Waals surface area contributed by atoms with Crippen molar-refractivity contribution in [2.75, 3.05) is 0 Å². The molecule has 21 heavy (non-hydrogen) atoms. The molecule has 0 bridgehead atoms. The third-order valence-corrected chi connectivity index (χ3v) is 6.03. The summed E-state index contributed by atoms with van der Waals surface area (Å²) in [5.41, 5.74) is 9.50. The third-order valence-electron chi connectivity index (χ3n) is 5.11. The molecule has 0 amide bonds. The fourth-order valence-corrected chi connectivity index (χ4v) is 4.18. The van der Waals surface area contributed by atoms with Crippen LogP contribution in [0.2, 0.25) is 0 Å². The molecule has 1 aromatic heterocycles. The fraction of sp³-hybridized carbons (Fsp3) is 0.824. The second-order valence-corrected chi connectivity index (χ2v) is 8.04. The third kappa shape index (κ3) is 3.89. The van der Waals surface area contributed by atoms with Gasteiger partial charge in [-0.05, 0) is 66.3 Å². The van der Waals surface area contributed by atoms with Crippen LogP contribution in [0.3, 0.4) is 0 Å². The molecule has 0 radical (unpaired) electrons. The van der Waals surface area contributed by atoms with E-state index in [2.05, 4.69) is 53.4 Å². The van der Waals surface area contributed by atoms with E-state index in [0.29, 0.717) is 11.3 Å². The Morgan fingerprint density at radius 3 is 2.48 bits per heavy atom. The molecule has 0 aliphatic heterocycles. The summed E-state index contributed by atoms with van der Waals surface area (Å²) in [5.74, 6) is 0.662. The summed E-state index contributed by atoms with van der Waals surface area (Å²) < 4.78 is 3.30. The highest BCUT2D eigenvalue weighted by atomic mass is 79.9. The van der Waals surface area contributed by atoms with Gasteiger partial charge in [0.25, 0.3) is 0 Å². The van der Waals surface area contributed by atoms with Crippen LogP contribution in [-0.2, 0) is 19.4 Å². The molecule has 1 aromatic rings. The van der Waals surface area contributed by atoms with Gasteiger partial charge in [0.05, 0.1) is 15.9 Å². The van der Waals surface area contributed by atoms with Crippen molar-refractivity contribution in [1.82, 2.24) is 9.78 Å². The van der Waals surface area contributed by atoms with E-state index in [1.807, 2.05) is 0 Å². The average molecular weight is 356 g/mol. The lowest BCUT2D eigenvalue weighted by atomic mass is 9.71. The summed E-state index contributed by atoms with van der Waals surface area (Å²) in [6.07, 6.45) is 7.05. The van der Waals surface area contributed by atoms with Crippen molar-refractivity contribution >= 4 is 15.9 Å². The molecular formula is C17H30BrN3. The van der Waals surface area contributed by atoms with E-state index in [4.69, 9.17) is 5.73 Å². The summed E-state index contributed by atoms with van der Waals surface area (Å²) in [4.78, 5) is 0. The molecule has 0 spiro atoms. The van der Waals surface area contributed by atoms with E-state index >= 15 is 0 Å². The van der Waals surface area contributed by atoms with Gasteiger partial charge in [0.2, 0.25) is 0 Å². The van der Waals surface area contributed by atoms with Crippen LogP contribution < -0.4 is 5.73 Å². The lowest BCUT2D eigenvalue weighted by molar-refractivity contribution is 0.172. The fourth-order valence-electron chi connectivity index (χ4n) is 3.45. The van der Waals surface area contributed by atoms with E-state index in [-0.39, 0.29) is 6.04 Å². The summed E-state index contributed by atoms with van der Waals surface area (Å²) in [5, 5.41) is 4.68. The van der Waals surface area contributed by atoms with Crippen LogP contribution in [0.25, 0.3) is 0 Å². The van der Waals surface area contributed by atoms with Crippen molar-refractivity contribution in [2.24, 2.45) is 17.1 Å². The topological polar surface area (TPSA) is 43.8 Å². The largest absolute Gasteiger partial charge is 0.327 e. The van der Waals surface area contributed by atoms with E-state index in [9.17, 15) is 0 Å². The minimum Gasteiger partial charge on any atom is -0.327 e. The smallest absolute Gasteiger partial charge is 0.0766 e. The van der Waals surface area contributed by atoms with Gasteiger partial charge in [0.15, 0.2) is 0 Å². The SMILES string of the molecule is CCc1nn(CC)c(CC(N)C2CCC(C)(C)CC2)c1Br. The van der Waals surface area contributed by atoms with Gasteiger partial charge < -0.3 is 5.73 Å². The molecule has 0 saturated heterocycles. The highest BCUT2D eigenvalue weighted by Crippen LogP contribution is 2.39. The maximum absolute atomic E-state index is 6.55. The van der Waals surface area contributed by atoms with Gasteiger partial charge in [-0.25, -0.2) is 0 Å². The van der Waals surface area contributed by atoms with E-state index in [1.54, 1.807) is 0 Å². The Hall–Kier alpha value is -0.350. The number of nitrogens with two attached hydrogens (primary N) is 1. The molecule has 1 unspecified atom stereocenters. The zero-order chi connectivity index (χ0) is 15.6. The van der Waals surface area contributed by atoms with Crippen LogP contribution in [-0.4, -0.2) is 15.8 Å². The number of hydrogen-bond donors (Lipinski definition) is 1. The molecule has 2 rings (SSSR count). The maximum Gasteiger partial charge on any atom is 0.0766 e. The Kier molecular flexibility index (Phi) is 5.53. The van der Waals surface area contributed by atoms with Gasteiger partial charge in [-0.2, -0.15) is 5.10 Å². The average Bonchev–Trinajstić information content (AvgIpc) is 2.75. The molecule has 1 aliphatic rings. The molecule has 0 aromatic carbocycles. The maximum atomic E-state index is 6.55. The van der Waals surface area contributed by atoms with Gasteiger partial charge in [0, 0.05) is 19.0 Å².